The fourth-order valence-corrected chi connectivity index (χ4v) is 4.01. The van der Waals surface area contributed by atoms with E-state index < -0.39 is 0 Å². The van der Waals surface area contributed by atoms with Crippen LogP contribution in [0.2, 0.25) is 5.02 Å². The summed E-state index contributed by atoms with van der Waals surface area (Å²) in [7, 11) is 0. The fourth-order valence-electron chi connectivity index (χ4n) is 2.65. The minimum Gasteiger partial charge on any atom is -0.492 e. The average Bonchev–Trinajstić information content (AvgIpc) is 3.16. The van der Waals surface area contributed by atoms with Crippen LogP contribution in [-0.2, 0) is 0 Å². The molecule has 0 aliphatic carbocycles. The maximum absolute atomic E-state index is 10.2. The van der Waals surface area contributed by atoms with E-state index in [4.69, 9.17) is 11.6 Å². The molecule has 0 radical (unpaired) electrons. The third-order valence-electron chi connectivity index (χ3n) is 4.04. The van der Waals surface area contributed by atoms with Crippen molar-refractivity contribution in [2.24, 2.45) is 4.99 Å². The summed E-state index contributed by atoms with van der Waals surface area (Å²) in [6, 6.07) is 11.6. The maximum Gasteiger partial charge on any atom is 0.231 e. The lowest BCUT2D eigenvalue weighted by molar-refractivity contribution is 0.457. The molecule has 2 heterocycles. The molecule has 2 aromatic carbocycles. The van der Waals surface area contributed by atoms with Gasteiger partial charge in [0.15, 0.2) is 5.13 Å². The maximum atomic E-state index is 10.2. The first-order chi connectivity index (χ1) is 12.5. The third kappa shape index (κ3) is 3.28. The lowest BCUT2D eigenvalue weighted by atomic mass is 10.1. The Balaban J connectivity index is 1.65. The summed E-state index contributed by atoms with van der Waals surface area (Å²) in [4.78, 5) is 9.28. The predicted molar refractivity (Wildman–Crippen MR) is 113 cm³/mol. The van der Waals surface area contributed by atoms with Crippen LogP contribution in [0.4, 0.5) is 16.5 Å². The number of nitrogens with one attached hydrogen (secondary N) is 1. The Bertz CT molecular complexity index is 1070. The number of benzene rings is 2. The van der Waals surface area contributed by atoms with Crippen LogP contribution in [0, 0.1) is 6.92 Å². The second kappa shape index (κ2) is 6.87. The lowest BCUT2D eigenvalue weighted by Crippen LogP contribution is -1.92. The molecule has 4 nitrogen and oxygen atoms in total. The number of aromatic nitrogens is 1. The molecule has 26 heavy (non-hydrogen) atoms. The number of halogens is 2. The molecule has 3 aromatic rings. The summed E-state index contributed by atoms with van der Waals surface area (Å²) in [6.07, 6.45) is 3.69. The first-order valence-electron chi connectivity index (χ1n) is 7.79. The van der Waals surface area contributed by atoms with Crippen molar-refractivity contribution < 1.29 is 5.11 Å². The largest absolute Gasteiger partial charge is 0.492 e. The number of fused-ring (bicyclic) bond motifs is 1. The molecule has 1 aliphatic heterocycles. The number of nitrogens with zero attached hydrogens (tertiary/aromatic N) is 2. The van der Waals surface area contributed by atoms with E-state index in [1.807, 2.05) is 49.4 Å². The molecule has 0 unspecified atom stereocenters. The molecule has 0 fully saturated rings. The van der Waals surface area contributed by atoms with Crippen LogP contribution in [0.25, 0.3) is 11.6 Å². The number of hydrogen-bond donors (Lipinski definition) is 2. The van der Waals surface area contributed by atoms with Gasteiger partial charge in [-0.05, 0) is 48.9 Å². The van der Waals surface area contributed by atoms with Gasteiger partial charge < -0.3 is 10.4 Å². The SMILES string of the molecule is Cc1c(Cl)cccc1Nc1nc(O)c(C=C2C=Nc3ccc(Br)cc32)s1. The quantitative estimate of drug-likeness (QED) is 0.478. The van der Waals surface area contributed by atoms with Crippen LogP contribution < -0.4 is 5.32 Å². The summed E-state index contributed by atoms with van der Waals surface area (Å²) in [5, 5.41) is 14.7. The van der Waals surface area contributed by atoms with Crippen molar-refractivity contribution in [1.29, 1.82) is 0 Å². The monoisotopic (exact) mass is 445 g/mol. The van der Waals surface area contributed by atoms with Gasteiger partial charge in [0, 0.05) is 32.5 Å². The minimum absolute atomic E-state index is 0.0125. The van der Waals surface area contributed by atoms with E-state index in [0.29, 0.717) is 15.0 Å². The summed E-state index contributed by atoms with van der Waals surface area (Å²) in [6.45, 7) is 1.94. The molecule has 130 valence electrons. The van der Waals surface area contributed by atoms with Crippen molar-refractivity contribution in [1.82, 2.24) is 4.98 Å². The van der Waals surface area contributed by atoms with Gasteiger partial charge in [0.25, 0.3) is 0 Å². The summed E-state index contributed by atoms with van der Waals surface area (Å²) >= 11 is 11.0. The van der Waals surface area contributed by atoms with Gasteiger partial charge in [-0.3, -0.25) is 4.99 Å². The number of aromatic hydroxyl groups is 1. The van der Waals surface area contributed by atoms with Crippen LogP contribution in [0.15, 0.2) is 45.9 Å². The molecule has 0 bridgehead atoms. The molecule has 2 N–H and O–H groups in total. The molecule has 4 rings (SSSR count). The average molecular weight is 447 g/mol. The molecule has 0 saturated heterocycles. The lowest BCUT2D eigenvalue weighted by Gasteiger charge is -2.07. The number of anilines is 2. The van der Waals surface area contributed by atoms with Crippen molar-refractivity contribution in [2.45, 2.75) is 6.92 Å². The third-order valence-corrected chi connectivity index (χ3v) is 5.85. The van der Waals surface area contributed by atoms with E-state index >= 15 is 0 Å². The molecule has 7 heteroatoms. The highest BCUT2D eigenvalue weighted by atomic mass is 79.9. The first-order valence-corrected chi connectivity index (χ1v) is 9.77. The van der Waals surface area contributed by atoms with Crippen LogP contribution in [0.3, 0.4) is 0 Å². The van der Waals surface area contributed by atoms with Crippen molar-refractivity contribution in [3.8, 4) is 5.88 Å². The second-order valence-corrected chi connectivity index (χ2v) is 8.12. The van der Waals surface area contributed by atoms with Crippen molar-refractivity contribution in [2.75, 3.05) is 5.32 Å². The Labute approximate surface area is 168 Å². The van der Waals surface area contributed by atoms with Gasteiger partial charge in [-0.2, -0.15) is 4.98 Å². The van der Waals surface area contributed by atoms with E-state index in [0.717, 1.165) is 32.5 Å². The van der Waals surface area contributed by atoms with E-state index in [-0.39, 0.29) is 5.88 Å². The zero-order valence-corrected chi connectivity index (χ0v) is 16.8. The van der Waals surface area contributed by atoms with Crippen molar-refractivity contribution in [3.63, 3.8) is 0 Å². The minimum atomic E-state index is -0.0125. The number of hydrogen-bond acceptors (Lipinski definition) is 5. The number of rotatable bonds is 3. The fraction of sp³-hybridized carbons (Fsp3) is 0.0526. The van der Waals surface area contributed by atoms with Gasteiger partial charge in [0.05, 0.1) is 10.6 Å². The number of thiazole rings is 1. The van der Waals surface area contributed by atoms with E-state index in [2.05, 4.69) is 31.2 Å². The zero-order valence-electron chi connectivity index (χ0n) is 13.6. The normalized spacial score (nSPS) is 14.0. The molecule has 1 aliphatic rings. The molecule has 0 amide bonds. The van der Waals surface area contributed by atoms with Crippen molar-refractivity contribution in [3.05, 3.63) is 61.9 Å². The van der Waals surface area contributed by atoms with E-state index in [9.17, 15) is 5.11 Å². The Morgan fingerprint density at radius 2 is 2.12 bits per heavy atom. The van der Waals surface area contributed by atoms with Gasteiger partial charge in [0.2, 0.25) is 5.88 Å². The Morgan fingerprint density at radius 1 is 1.27 bits per heavy atom. The Hall–Kier alpha value is -2.15. The van der Waals surface area contributed by atoms with Crippen LogP contribution in [0.1, 0.15) is 16.0 Å². The Morgan fingerprint density at radius 3 is 2.96 bits per heavy atom. The molecule has 0 atom stereocenters. The van der Waals surface area contributed by atoms with Gasteiger partial charge in [-0.15, -0.1) is 0 Å². The standard InChI is InChI=1S/C19H13BrClN3OS/c1-10-14(21)3-2-4-15(10)23-19-24-18(25)17(26-19)7-11-9-22-16-6-5-12(20)8-13(11)16/h2-9,25H,1H3,(H,23,24). The van der Waals surface area contributed by atoms with Crippen LogP contribution in [0.5, 0.6) is 5.88 Å². The van der Waals surface area contributed by atoms with Crippen molar-refractivity contribution >= 4 is 73.2 Å². The molecular formula is C19H13BrClN3OS. The van der Waals surface area contributed by atoms with E-state index in [1.165, 1.54) is 11.3 Å². The Kier molecular flexibility index (Phi) is 4.56. The molecule has 0 spiro atoms. The molecule has 1 aromatic heterocycles. The van der Waals surface area contributed by atoms with Gasteiger partial charge in [-0.25, -0.2) is 0 Å². The highest BCUT2D eigenvalue weighted by Gasteiger charge is 2.16. The first kappa shape index (κ1) is 17.3. The van der Waals surface area contributed by atoms with Gasteiger partial charge in [-0.1, -0.05) is 44.9 Å². The number of aliphatic imine (C=N–C) groups is 1. The van der Waals surface area contributed by atoms with Crippen LogP contribution in [-0.4, -0.2) is 16.3 Å². The molecule has 0 saturated carbocycles. The number of allylic oxidation sites excluding steroid dienone is 1. The summed E-state index contributed by atoms with van der Waals surface area (Å²) in [5.41, 5.74) is 4.67. The smallest absolute Gasteiger partial charge is 0.231 e. The van der Waals surface area contributed by atoms with Gasteiger partial charge in [0.1, 0.15) is 0 Å². The van der Waals surface area contributed by atoms with Gasteiger partial charge >= 0.3 is 0 Å². The van der Waals surface area contributed by atoms with E-state index in [1.54, 1.807) is 6.21 Å². The molecular weight excluding hydrogens is 434 g/mol. The zero-order chi connectivity index (χ0) is 18.3. The highest BCUT2D eigenvalue weighted by molar-refractivity contribution is 9.10. The predicted octanol–water partition coefficient (Wildman–Crippen LogP) is 6.57. The van der Waals surface area contributed by atoms with Crippen LogP contribution >= 0.6 is 38.9 Å². The summed E-state index contributed by atoms with van der Waals surface area (Å²) < 4.78 is 0.986. The highest BCUT2D eigenvalue weighted by Crippen LogP contribution is 2.38. The topological polar surface area (TPSA) is 57.5 Å². The summed E-state index contributed by atoms with van der Waals surface area (Å²) in [5.74, 6) is -0.0125. The second-order valence-electron chi connectivity index (χ2n) is 5.76.